The summed E-state index contributed by atoms with van der Waals surface area (Å²) < 4.78 is 12.5. The van der Waals surface area contributed by atoms with Crippen LogP contribution in [-0.4, -0.2) is 35.4 Å². The lowest BCUT2D eigenvalue weighted by molar-refractivity contribution is 0.0940. The molecule has 1 N–H and O–H groups in total. The molecule has 2 aromatic rings. The second kappa shape index (κ2) is 6.58. The van der Waals surface area contributed by atoms with E-state index < -0.39 is 0 Å². The number of carbonyl (C=O) groups excluding carboxylic acids is 1. The molecular formula is C18H19N3O4. The van der Waals surface area contributed by atoms with Gasteiger partial charge in [0.1, 0.15) is 13.2 Å². The number of ether oxygens (including phenoxy) is 2. The van der Waals surface area contributed by atoms with E-state index in [1.54, 1.807) is 30.3 Å². The number of hydrogen-bond acceptors (Lipinski definition) is 5. The largest absolute Gasteiger partial charge is 0.486 e. The first kappa shape index (κ1) is 15.7. The maximum atomic E-state index is 12.4. The molecule has 1 fully saturated rings. The van der Waals surface area contributed by atoms with E-state index in [2.05, 4.69) is 10.4 Å². The molecule has 1 aliphatic carbocycles. The molecule has 0 bridgehead atoms. The Labute approximate surface area is 144 Å². The Hall–Kier alpha value is -2.83. The van der Waals surface area contributed by atoms with E-state index in [-0.39, 0.29) is 11.5 Å². The lowest BCUT2D eigenvalue weighted by Gasteiger charge is -2.20. The zero-order valence-corrected chi connectivity index (χ0v) is 13.7. The summed E-state index contributed by atoms with van der Waals surface area (Å²) >= 11 is 0. The Balaban J connectivity index is 1.41. The number of nitrogens with zero attached hydrogens (tertiary/aromatic N) is 2. The molecule has 0 unspecified atom stereocenters. The molecule has 1 amide bonds. The van der Waals surface area contributed by atoms with Crippen molar-refractivity contribution in [1.82, 2.24) is 15.1 Å². The number of nitrogens with one attached hydrogen (secondary N) is 1. The van der Waals surface area contributed by atoms with Crippen LogP contribution < -0.4 is 20.3 Å². The van der Waals surface area contributed by atoms with Crippen LogP contribution in [0.5, 0.6) is 11.5 Å². The fourth-order valence-electron chi connectivity index (χ4n) is 2.84. The molecule has 2 aliphatic rings. The van der Waals surface area contributed by atoms with E-state index in [9.17, 15) is 9.59 Å². The number of carbonyl (C=O) groups is 1. The van der Waals surface area contributed by atoms with Crippen LogP contribution in [0.4, 0.5) is 0 Å². The number of para-hydroxylation sites is 1. The Bertz CT molecular complexity index is 858. The molecule has 0 atom stereocenters. The quantitative estimate of drug-likeness (QED) is 0.887. The Morgan fingerprint density at radius 1 is 1.20 bits per heavy atom. The topological polar surface area (TPSA) is 82.5 Å². The molecule has 1 aliphatic heterocycles. The van der Waals surface area contributed by atoms with E-state index >= 15 is 0 Å². The molecule has 130 valence electrons. The SMILES string of the molecule is O=C(NCCn1nc(C2CC2)ccc1=O)c1cccc2c1OCCO2. The number of fused-ring (bicyclic) bond motifs is 1. The van der Waals surface area contributed by atoms with Crippen LogP contribution in [-0.2, 0) is 6.54 Å². The van der Waals surface area contributed by atoms with E-state index in [1.165, 1.54) is 4.68 Å². The van der Waals surface area contributed by atoms with Gasteiger partial charge in [0.25, 0.3) is 11.5 Å². The minimum atomic E-state index is -0.256. The standard InChI is InChI=1S/C18H19N3O4/c22-16-7-6-14(12-4-5-12)20-21(16)9-8-19-18(23)13-2-1-3-15-17(13)25-11-10-24-15/h1-3,6-7,12H,4-5,8-11H2,(H,19,23). The average Bonchev–Trinajstić information content (AvgIpc) is 3.48. The summed E-state index contributed by atoms with van der Waals surface area (Å²) in [6.07, 6.45) is 2.26. The van der Waals surface area contributed by atoms with E-state index in [0.717, 1.165) is 18.5 Å². The molecule has 7 nitrogen and oxygen atoms in total. The van der Waals surface area contributed by atoms with Crippen LogP contribution >= 0.6 is 0 Å². The number of amides is 1. The molecular weight excluding hydrogens is 322 g/mol. The minimum absolute atomic E-state index is 0.160. The highest BCUT2D eigenvalue weighted by Crippen LogP contribution is 2.38. The van der Waals surface area contributed by atoms with E-state index in [0.29, 0.717) is 49.3 Å². The number of benzene rings is 1. The van der Waals surface area contributed by atoms with Crippen LogP contribution in [0, 0.1) is 0 Å². The summed E-state index contributed by atoms with van der Waals surface area (Å²) in [5, 5.41) is 7.20. The number of aromatic nitrogens is 2. The van der Waals surface area contributed by atoms with Crippen molar-refractivity contribution in [2.75, 3.05) is 19.8 Å². The molecule has 25 heavy (non-hydrogen) atoms. The summed E-state index contributed by atoms with van der Waals surface area (Å²) in [7, 11) is 0. The van der Waals surface area contributed by atoms with Crippen molar-refractivity contribution in [1.29, 1.82) is 0 Å². The number of rotatable bonds is 5. The van der Waals surface area contributed by atoms with Gasteiger partial charge in [-0.15, -0.1) is 0 Å². The maximum absolute atomic E-state index is 12.4. The van der Waals surface area contributed by atoms with Crippen molar-refractivity contribution in [3.63, 3.8) is 0 Å². The molecule has 0 spiro atoms. The zero-order valence-electron chi connectivity index (χ0n) is 13.7. The summed E-state index contributed by atoms with van der Waals surface area (Å²) in [6, 6.07) is 8.57. The van der Waals surface area contributed by atoms with Gasteiger partial charge in [0.2, 0.25) is 0 Å². The second-order valence-electron chi connectivity index (χ2n) is 6.18. The first-order chi connectivity index (χ1) is 12.2. The van der Waals surface area contributed by atoms with Gasteiger partial charge in [-0.3, -0.25) is 9.59 Å². The van der Waals surface area contributed by atoms with Gasteiger partial charge in [-0.05, 0) is 31.0 Å². The van der Waals surface area contributed by atoms with Gasteiger partial charge in [-0.25, -0.2) is 4.68 Å². The van der Waals surface area contributed by atoms with Gasteiger partial charge in [-0.2, -0.15) is 5.10 Å². The third-order valence-corrected chi connectivity index (χ3v) is 4.30. The van der Waals surface area contributed by atoms with E-state index in [1.807, 2.05) is 0 Å². The normalized spacial score (nSPS) is 15.7. The first-order valence-electron chi connectivity index (χ1n) is 8.47. The minimum Gasteiger partial charge on any atom is -0.486 e. The van der Waals surface area contributed by atoms with Crippen molar-refractivity contribution >= 4 is 5.91 Å². The Kier molecular flexibility index (Phi) is 4.13. The molecule has 1 aromatic carbocycles. The van der Waals surface area contributed by atoms with Crippen molar-refractivity contribution < 1.29 is 14.3 Å². The third kappa shape index (κ3) is 3.35. The fraction of sp³-hybridized carbons (Fsp3) is 0.389. The van der Waals surface area contributed by atoms with Crippen LogP contribution in [0.2, 0.25) is 0 Å². The van der Waals surface area contributed by atoms with Crippen molar-refractivity contribution in [2.45, 2.75) is 25.3 Å². The highest BCUT2D eigenvalue weighted by Gasteiger charge is 2.25. The van der Waals surface area contributed by atoms with Crippen molar-refractivity contribution in [3.8, 4) is 11.5 Å². The molecule has 1 aromatic heterocycles. The highest BCUT2D eigenvalue weighted by atomic mass is 16.6. The third-order valence-electron chi connectivity index (χ3n) is 4.30. The van der Waals surface area contributed by atoms with E-state index in [4.69, 9.17) is 9.47 Å². The first-order valence-corrected chi connectivity index (χ1v) is 8.47. The Morgan fingerprint density at radius 3 is 2.88 bits per heavy atom. The molecule has 0 saturated heterocycles. The van der Waals surface area contributed by atoms with Gasteiger partial charge >= 0.3 is 0 Å². The summed E-state index contributed by atoms with van der Waals surface area (Å²) in [4.78, 5) is 24.3. The fourth-order valence-corrected chi connectivity index (χ4v) is 2.84. The van der Waals surface area contributed by atoms with Gasteiger partial charge in [0, 0.05) is 18.5 Å². The smallest absolute Gasteiger partial charge is 0.266 e. The summed E-state index contributed by atoms with van der Waals surface area (Å²) in [6.45, 7) is 1.54. The van der Waals surface area contributed by atoms with Crippen LogP contribution in [0.25, 0.3) is 0 Å². The molecule has 0 radical (unpaired) electrons. The average molecular weight is 341 g/mol. The van der Waals surface area contributed by atoms with Crippen molar-refractivity contribution in [2.24, 2.45) is 0 Å². The van der Waals surface area contributed by atoms with Gasteiger partial charge < -0.3 is 14.8 Å². The highest BCUT2D eigenvalue weighted by molar-refractivity contribution is 5.97. The second-order valence-corrected chi connectivity index (χ2v) is 6.18. The predicted octanol–water partition coefficient (Wildman–Crippen LogP) is 1.32. The molecule has 2 heterocycles. The van der Waals surface area contributed by atoms with Crippen LogP contribution in [0.3, 0.4) is 0 Å². The van der Waals surface area contributed by atoms with Crippen LogP contribution in [0.1, 0.15) is 34.8 Å². The molecule has 7 heteroatoms. The molecule has 1 saturated carbocycles. The van der Waals surface area contributed by atoms with Gasteiger partial charge in [0.05, 0.1) is 17.8 Å². The Morgan fingerprint density at radius 2 is 2.04 bits per heavy atom. The monoisotopic (exact) mass is 341 g/mol. The number of hydrogen-bond donors (Lipinski definition) is 1. The van der Waals surface area contributed by atoms with Crippen molar-refractivity contribution in [3.05, 3.63) is 51.9 Å². The lowest BCUT2D eigenvalue weighted by Crippen LogP contribution is -2.32. The predicted molar refractivity (Wildman–Crippen MR) is 90.2 cm³/mol. The zero-order chi connectivity index (χ0) is 17.2. The lowest BCUT2D eigenvalue weighted by atomic mass is 10.1. The van der Waals surface area contributed by atoms with Gasteiger partial charge in [0.15, 0.2) is 11.5 Å². The summed E-state index contributed by atoms with van der Waals surface area (Å²) in [5.74, 6) is 1.27. The van der Waals surface area contributed by atoms with Gasteiger partial charge in [-0.1, -0.05) is 6.07 Å². The van der Waals surface area contributed by atoms with Crippen LogP contribution in [0.15, 0.2) is 35.1 Å². The molecule has 4 rings (SSSR count). The maximum Gasteiger partial charge on any atom is 0.266 e. The summed E-state index contributed by atoms with van der Waals surface area (Å²) in [5.41, 5.74) is 1.23.